The first-order chi connectivity index (χ1) is 16.6. The van der Waals surface area contributed by atoms with Crippen molar-refractivity contribution in [3.63, 3.8) is 0 Å². The van der Waals surface area contributed by atoms with Gasteiger partial charge in [-0.2, -0.15) is 0 Å². The highest BCUT2D eigenvalue weighted by Gasteiger charge is 2.52. The molecule has 0 aromatic heterocycles. The minimum absolute atomic E-state index is 0.0709. The van der Waals surface area contributed by atoms with E-state index < -0.39 is 0 Å². The van der Waals surface area contributed by atoms with Gasteiger partial charge in [0, 0.05) is 63.3 Å². The first-order valence-electron chi connectivity index (χ1n) is 14.9. The Labute approximate surface area is 222 Å². The summed E-state index contributed by atoms with van der Waals surface area (Å²) in [4.78, 5) is 7.92. The molecule has 5 heterocycles. The van der Waals surface area contributed by atoms with Crippen molar-refractivity contribution in [3.05, 3.63) is 0 Å². The van der Waals surface area contributed by atoms with E-state index in [1.165, 1.54) is 6.42 Å². The first-order valence-corrected chi connectivity index (χ1v) is 14.9. The Morgan fingerprint density at radius 3 is 2.06 bits per heavy atom. The highest BCUT2D eigenvalue weighted by Crippen LogP contribution is 2.44. The van der Waals surface area contributed by atoms with Crippen molar-refractivity contribution in [2.75, 3.05) is 39.3 Å². The highest BCUT2D eigenvalue weighted by atomic mass is 16.5. The summed E-state index contributed by atoms with van der Waals surface area (Å²) in [7, 11) is 0. The molecule has 0 aromatic carbocycles. The van der Waals surface area contributed by atoms with Crippen LogP contribution in [0.3, 0.4) is 0 Å². The van der Waals surface area contributed by atoms with Gasteiger partial charge in [0.2, 0.25) is 0 Å². The van der Waals surface area contributed by atoms with Gasteiger partial charge in [-0.1, -0.05) is 0 Å². The van der Waals surface area contributed by atoms with Crippen LogP contribution in [0.1, 0.15) is 101 Å². The molecule has 5 saturated heterocycles. The van der Waals surface area contributed by atoms with Crippen molar-refractivity contribution in [2.45, 2.75) is 154 Å². The molecule has 5 fully saturated rings. The van der Waals surface area contributed by atoms with E-state index >= 15 is 0 Å². The molecule has 0 spiro atoms. The largest absolute Gasteiger partial charge is 0.372 e. The monoisotopic (exact) mass is 507 g/mol. The standard InChI is InChI=1S/C30H57N3O3/c1-22(2)31-15-26(12-13-28(9)19-32(23(3)4)18-27(7,8)36-28)35-29(10,20-31)17-30-14-11-25(16-34-30)33(21-30)24(5)6/h22-26H,11-21H2,1-10H3. The van der Waals surface area contributed by atoms with Gasteiger partial charge >= 0.3 is 0 Å². The molecule has 0 radical (unpaired) electrons. The van der Waals surface area contributed by atoms with Crippen molar-refractivity contribution in [2.24, 2.45) is 0 Å². The highest BCUT2D eigenvalue weighted by molar-refractivity contribution is 5.04. The summed E-state index contributed by atoms with van der Waals surface area (Å²) < 4.78 is 20.4. The Balaban J connectivity index is 1.45. The zero-order valence-electron chi connectivity index (χ0n) is 25.2. The molecule has 5 rings (SSSR count). The summed E-state index contributed by atoms with van der Waals surface area (Å²) in [6.07, 6.45) is 5.68. The molecule has 6 heteroatoms. The summed E-state index contributed by atoms with van der Waals surface area (Å²) in [5.41, 5.74) is -0.537. The van der Waals surface area contributed by atoms with Crippen LogP contribution in [-0.4, -0.2) is 107 Å². The Hall–Kier alpha value is -0.240. The fraction of sp³-hybridized carbons (Fsp3) is 1.00. The van der Waals surface area contributed by atoms with Crippen molar-refractivity contribution >= 4 is 0 Å². The zero-order chi connectivity index (χ0) is 26.5. The second-order valence-corrected chi connectivity index (χ2v) is 14.7. The molecular weight excluding hydrogens is 450 g/mol. The number of rotatable bonds is 8. The van der Waals surface area contributed by atoms with E-state index in [2.05, 4.69) is 83.9 Å². The first kappa shape index (κ1) is 28.8. The second-order valence-electron chi connectivity index (χ2n) is 14.7. The molecule has 6 nitrogen and oxygen atoms in total. The molecule has 5 atom stereocenters. The number of piperidine rings is 1. The summed E-state index contributed by atoms with van der Waals surface area (Å²) in [6, 6.07) is 2.22. The molecule has 36 heavy (non-hydrogen) atoms. The van der Waals surface area contributed by atoms with E-state index in [-0.39, 0.29) is 28.5 Å². The lowest BCUT2D eigenvalue weighted by Gasteiger charge is -2.57. The van der Waals surface area contributed by atoms with Gasteiger partial charge in [0.05, 0.1) is 35.1 Å². The van der Waals surface area contributed by atoms with Gasteiger partial charge in [-0.3, -0.25) is 14.7 Å². The van der Waals surface area contributed by atoms with Crippen LogP contribution >= 0.6 is 0 Å². The average molecular weight is 508 g/mol. The van der Waals surface area contributed by atoms with E-state index in [1.54, 1.807) is 0 Å². The van der Waals surface area contributed by atoms with E-state index in [0.717, 1.165) is 65.0 Å². The molecule has 2 bridgehead atoms. The molecule has 5 aliphatic heterocycles. The van der Waals surface area contributed by atoms with Gasteiger partial charge in [0.15, 0.2) is 0 Å². The van der Waals surface area contributed by atoms with Crippen molar-refractivity contribution in [1.29, 1.82) is 0 Å². The van der Waals surface area contributed by atoms with Crippen LogP contribution in [0.2, 0.25) is 0 Å². The third-order valence-corrected chi connectivity index (χ3v) is 9.34. The normalized spacial score (nSPS) is 40.6. The third kappa shape index (κ3) is 6.48. The zero-order valence-corrected chi connectivity index (χ0v) is 25.2. The lowest BCUT2D eigenvalue weighted by molar-refractivity contribution is -0.235. The fourth-order valence-electron chi connectivity index (χ4n) is 7.73. The van der Waals surface area contributed by atoms with Crippen molar-refractivity contribution in [1.82, 2.24) is 14.7 Å². The van der Waals surface area contributed by atoms with Gasteiger partial charge in [-0.25, -0.2) is 0 Å². The quantitative estimate of drug-likeness (QED) is 0.463. The number of morpholine rings is 3. The van der Waals surface area contributed by atoms with Crippen molar-refractivity contribution in [3.8, 4) is 0 Å². The summed E-state index contributed by atoms with van der Waals surface area (Å²) in [6.45, 7) is 29.0. The number of hydrogen-bond acceptors (Lipinski definition) is 6. The smallest absolute Gasteiger partial charge is 0.0838 e. The van der Waals surface area contributed by atoms with Gasteiger partial charge in [-0.15, -0.1) is 0 Å². The van der Waals surface area contributed by atoms with Crippen LogP contribution in [0.15, 0.2) is 0 Å². The van der Waals surface area contributed by atoms with Crippen LogP contribution in [0.25, 0.3) is 0 Å². The number of fused-ring (bicyclic) bond motifs is 3. The molecule has 5 unspecified atom stereocenters. The Bertz CT molecular complexity index is 748. The molecular formula is C30H57N3O3. The van der Waals surface area contributed by atoms with Crippen LogP contribution in [0.4, 0.5) is 0 Å². The maximum Gasteiger partial charge on any atom is 0.0838 e. The van der Waals surface area contributed by atoms with E-state index in [4.69, 9.17) is 14.2 Å². The Morgan fingerprint density at radius 1 is 0.806 bits per heavy atom. The molecule has 0 N–H and O–H groups in total. The number of ether oxygens (including phenoxy) is 3. The van der Waals surface area contributed by atoms with Crippen molar-refractivity contribution < 1.29 is 14.2 Å². The molecule has 210 valence electrons. The topological polar surface area (TPSA) is 37.4 Å². The number of hydrogen-bond donors (Lipinski definition) is 0. The van der Waals surface area contributed by atoms with Crippen LogP contribution < -0.4 is 0 Å². The van der Waals surface area contributed by atoms with E-state index in [0.29, 0.717) is 24.2 Å². The van der Waals surface area contributed by atoms with Crippen LogP contribution in [0, 0.1) is 0 Å². The summed E-state index contributed by atoms with van der Waals surface area (Å²) in [5, 5.41) is 0. The third-order valence-electron chi connectivity index (χ3n) is 9.34. The van der Waals surface area contributed by atoms with Gasteiger partial charge in [-0.05, 0) is 94.9 Å². The molecule has 5 aliphatic rings. The lowest BCUT2D eigenvalue weighted by atomic mass is 9.76. The predicted octanol–water partition coefficient (Wildman–Crippen LogP) is 4.94. The summed E-state index contributed by atoms with van der Waals surface area (Å²) >= 11 is 0. The van der Waals surface area contributed by atoms with E-state index in [9.17, 15) is 0 Å². The maximum absolute atomic E-state index is 7.05. The van der Waals surface area contributed by atoms with Gasteiger partial charge in [0.1, 0.15) is 0 Å². The molecule has 0 aromatic rings. The minimum Gasteiger partial charge on any atom is -0.372 e. The number of nitrogens with zero attached hydrogens (tertiary/aromatic N) is 3. The molecule has 0 amide bonds. The van der Waals surface area contributed by atoms with Crippen LogP contribution in [-0.2, 0) is 14.2 Å². The minimum atomic E-state index is -0.197. The predicted molar refractivity (Wildman–Crippen MR) is 148 cm³/mol. The maximum atomic E-state index is 7.05. The fourth-order valence-corrected chi connectivity index (χ4v) is 7.73. The Morgan fingerprint density at radius 2 is 1.47 bits per heavy atom. The average Bonchev–Trinajstić information content (AvgIpc) is 2.76. The SMILES string of the molecule is CC(C)N1CC(CCC2(C)CN(C(C)C)CC(C)(C)O2)OC(C)(CC23CCC(CO2)N(C(C)C)C3)C1. The Kier molecular flexibility index (Phi) is 8.30. The van der Waals surface area contributed by atoms with Gasteiger partial charge in [0.25, 0.3) is 0 Å². The van der Waals surface area contributed by atoms with Gasteiger partial charge < -0.3 is 14.2 Å². The molecule has 0 saturated carbocycles. The summed E-state index contributed by atoms with van der Waals surface area (Å²) in [5.74, 6) is 0. The van der Waals surface area contributed by atoms with E-state index in [1.807, 2.05) is 0 Å². The lowest BCUT2D eigenvalue weighted by Crippen LogP contribution is -2.67. The van der Waals surface area contributed by atoms with Crippen LogP contribution in [0.5, 0.6) is 0 Å². The molecule has 0 aliphatic carbocycles. The second kappa shape index (κ2) is 10.4.